The van der Waals surface area contributed by atoms with Crippen LogP contribution in [-0.4, -0.2) is 30.0 Å². The number of amides is 2. The summed E-state index contributed by atoms with van der Waals surface area (Å²) in [6, 6.07) is 2.44. The van der Waals surface area contributed by atoms with Gasteiger partial charge in [-0.05, 0) is 24.6 Å². The Labute approximate surface area is 128 Å². The van der Waals surface area contributed by atoms with Gasteiger partial charge in [-0.3, -0.25) is 4.79 Å². The molecular weight excluding hydrogens is 329 g/mol. The molecule has 122 valence electrons. The van der Waals surface area contributed by atoms with Crippen LogP contribution in [0, 0.1) is 0 Å². The van der Waals surface area contributed by atoms with Crippen molar-refractivity contribution in [3.05, 3.63) is 23.2 Å². The molecule has 0 heterocycles. The number of urea groups is 1. The number of carbonyl (C=O) groups excluding carboxylic acids is 1. The summed E-state index contributed by atoms with van der Waals surface area (Å²) in [6.45, 7) is 0.0498. The Morgan fingerprint density at radius 2 is 2.00 bits per heavy atom. The fourth-order valence-electron chi connectivity index (χ4n) is 1.42. The van der Waals surface area contributed by atoms with Gasteiger partial charge >= 0.3 is 18.4 Å². The first kappa shape index (κ1) is 17.9. The van der Waals surface area contributed by atoms with Crippen LogP contribution in [-0.2, 0) is 4.79 Å². The molecule has 0 spiro atoms. The Morgan fingerprint density at radius 3 is 2.59 bits per heavy atom. The summed E-state index contributed by atoms with van der Waals surface area (Å²) in [7, 11) is 0. The largest absolute Gasteiger partial charge is 0.573 e. The van der Waals surface area contributed by atoms with E-state index in [-0.39, 0.29) is 30.1 Å². The molecule has 0 saturated carbocycles. The smallest absolute Gasteiger partial charge is 0.481 e. The van der Waals surface area contributed by atoms with Gasteiger partial charge in [-0.1, -0.05) is 11.6 Å². The number of rotatable bonds is 6. The normalized spacial score (nSPS) is 10.9. The average Bonchev–Trinajstić information content (AvgIpc) is 2.36. The first-order chi connectivity index (χ1) is 10.2. The standard InChI is InChI=1S/C12H12ClF3N2O4/c13-7-3-4-9(22-12(14,15)16)8(6-7)18-11(21)17-5-1-2-10(19)20/h3-4,6H,1-2,5H2,(H,19,20)(H2,17,18,21). The van der Waals surface area contributed by atoms with Crippen molar-refractivity contribution in [1.82, 2.24) is 5.32 Å². The molecule has 0 aliphatic rings. The predicted molar refractivity (Wildman–Crippen MR) is 72.0 cm³/mol. The lowest BCUT2D eigenvalue weighted by Crippen LogP contribution is -2.30. The van der Waals surface area contributed by atoms with Crippen molar-refractivity contribution < 1.29 is 32.6 Å². The number of carboxylic acids is 1. The lowest BCUT2D eigenvalue weighted by molar-refractivity contribution is -0.274. The van der Waals surface area contributed by atoms with Crippen LogP contribution in [0.3, 0.4) is 0 Å². The number of hydrogen-bond donors (Lipinski definition) is 3. The van der Waals surface area contributed by atoms with Gasteiger partial charge in [-0.15, -0.1) is 13.2 Å². The molecule has 1 rings (SSSR count). The molecule has 0 bridgehead atoms. The maximum absolute atomic E-state index is 12.2. The van der Waals surface area contributed by atoms with Crippen molar-refractivity contribution in [3.8, 4) is 5.75 Å². The van der Waals surface area contributed by atoms with Gasteiger partial charge < -0.3 is 20.5 Å². The molecule has 0 aromatic heterocycles. The van der Waals surface area contributed by atoms with Crippen LogP contribution in [0.4, 0.5) is 23.7 Å². The molecule has 2 amide bonds. The second kappa shape index (κ2) is 7.74. The van der Waals surface area contributed by atoms with E-state index >= 15 is 0 Å². The highest BCUT2D eigenvalue weighted by Crippen LogP contribution is 2.32. The quantitative estimate of drug-likeness (QED) is 0.694. The summed E-state index contributed by atoms with van der Waals surface area (Å²) in [5, 5.41) is 13.0. The highest BCUT2D eigenvalue weighted by molar-refractivity contribution is 6.31. The number of ether oxygens (including phenoxy) is 1. The molecule has 1 aromatic carbocycles. The third-order valence-electron chi connectivity index (χ3n) is 2.27. The molecule has 0 saturated heterocycles. The minimum atomic E-state index is -4.91. The van der Waals surface area contributed by atoms with E-state index < -0.39 is 24.1 Å². The van der Waals surface area contributed by atoms with Gasteiger partial charge in [-0.2, -0.15) is 0 Å². The third kappa shape index (κ3) is 7.02. The first-order valence-electron chi connectivity index (χ1n) is 5.99. The number of halogens is 4. The monoisotopic (exact) mass is 340 g/mol. The van der Waals surface area contributed by atoms with Crippen LogP contribution in [0.15, 0.2) is 18.2 Å². The van der Waals surface area contributed by atoms with Crippen LogP contribution in [0.5, 0.6) is 5.75 Å². The van der Waals surface area contributed by atoms with Crippen molar-refractivity contribution in [2.45, 2.75) is 19.2 Å². The van der Waals surface area contributed by atoms with Crippen LogP contribution in [0.25, 0.3) is 0 Å². The third-order valence-corrected chi connectivity index (χ3v) is 2.50. The summed E-state index contributed by atoms with van der Waals surface area (Å²) in [6.07, 6.45) is -4.87. The van der Waals surface area contributed by atoms with Gasteiger partial charge in [0.15, 0.2) is 5.75 Å². The van der Waals surface area contributed by atoms with Crippen molar-refractivity contribution in [2.75, 3.05) is 11.9 Å². The fourth-order valence-corrected chi connectivity index (χ4v) is 1.59. The lowest BCUT2D eigenvalue weighted by atomic mass is 10.3. The molecule has 22 heavy (non-hydrogen) atoms. The maximum Gasteiger partial charge on any atom is 0.573 e. The second-order valence-corrected chi connectivity index (χ2v) is 4.50. The van der Waals surface area contributed by atoms with Crippen LogP contribution in [0.1, 0.15) is 12.8 Å². The molecule has 0 atom stereocenters. The van der Waals surface area contributed by atoms with Gasteiger partial charge in [0.2, 0.25) is 0 Å². The molecule has 0 fully saturated rings. The number of benzene rings is 1. The van der Waals surface area contributed by atoms with Crippen LogP contribution >= 0.6 is 11.6 Å². The molecule has 0 aliphatic carbocycles. The lowest BCUT2D eigenvalue weighted by Gasteiger charge is -2.14. The number of nitrogens with one attached hydrogen (secondary N) is 2. The molecule has 1 aromatic rings. The molecular formula is C12H12ClF3N2O4. The molecule has 3 N–H and O–H groups in total. The average molecular weight is 341 g/mol. The van der Waals surface area contributed by atoms with Gasteiger partial charge in [0.25, 0.3) is 0 Å². The summed E-state index contributed by atoms with van der Waals surface area (Å²) in [4.78, 5) is 21.8. The Bertz CT molecular complexity index is 552. The van der Waals surface area contributed by atoms with Gasteiger partial charge in [-0.25, -0.2) is 4.79 Å². The Morgan fingerprint density at radius 1 is 1.32 bits per heavy atom. The number of aliphatic carboxylic acids is 1. The summed E-state index contributed by atoms with van der Waals surface area (Å²) in [5.41, 5.74) is -0.263. The van der Waals surface area contributed by atoms with Crippen molar-refractivity contribution in [2.24, 2.45) is 0 Å². The van der Waals surface area contributed by atoms with E-state index in [1.807, 2.05) is 0 Å². The van der Waals surface area contributed by atoms with E-state index in [9.17, 15) is 22.8 Å². The highest BCUT2D eigenvalue weighted by atomic mass is 35.5. The zero-order chi connectivity index (χ0) is 16.8. The molecule has 0 unspecified atom stereocenters. The second-order valence-electron chi connectivity index (χ2n) is 4.07. The number of hydrogen-bond acceptors (Lipinski definition) is 3. The zero-order valence-electron chi connectivity index (χ0n) is 11.0. The highest BCUT2D eigenvalue weighted by Gasteiger charge is 2.32. The van der Waals surface area contributed by atoms with Crippen molar-refractivity contribution in [1.29, 1.82) is 0 Å². The van der Waals surface area contributed by atoms with Gasteiger partial charge in [0.05, 0.1) is 5.69 Å². The molecule has 6 nitrogen and oxygen atoms in total. The topological polar surface area (TPSA) is 87.7 Å². The summed E-state index contributed by atoms with van der Waals surface area (Å²) >= 11 is 5.66. The first-order valence-corrected chi connectivity index (χ1v) is 6.37. The number of carbonyl (C=O) groups is 2. The Hall–Kier alpha value is -2.16. The van der Waals surface area contributed by atoms with E-state index in [1.165, 1.54) is 6.07 Å². The minimum Gasteiger partial charge on any atom is -0.481 e. The number of alkyl halides is 3. The summed E-state index contributed by atoms with van der Waals surface area (Å²) in [5.74, 6) is -1.63. The summed E-state index contributed by atoms with van der Waals surface area (Å²) < 4.78 is 40.5. The fraction of sp³-hybridized carbons (Fsp3) is 0.333. The van der Waals surface area contributed by atoms with Crippen molar-refractivity contribution in [3.63, 3.8) is 0 Å². The van der Waals surface area contributed by atoms with Crippen molar-refractivity contribution >= 4 is 29.3 Å². The Balaban J connectivity index is 2.65. The van der Waals surface area contributed by atoms with Gasteiger partial charge in [0, 0.05) is 18.0 Å². The van der Waals surface area contributed by atoms with E-state index in [4.69, 9.17) is 16.7 Å². The maximum atomic E-state index is 12.2. The minimum absolute atomic E-state index is 0.0498. The molecule has 0 radical (unpaired) electrons. The van der Waals surface area contributed by atoms with E-state index in [1.54, 1.807) is 0 Å². The van der Waals surface area contributed by atoms with Gasteiger partial charge in [0.1, 0.15) is 0 Å². The Kier molecular flexibility index (Phi) is 6.29. The number of carboxylic acid groups (broad SMARTS) is 1. The SMILES string of the molecule is O=C(O)CCCNC(=O)Nc1cc(Cl)ccc1OC(F)(F)F. The zero-order valence-corrected chi connectivity index (χ0v) is 11.8. The number of anilines is 1. The predicted octanol–water partition coefficient (Wildman–Crippen LogP) is 3.22. The van der Waals surface area contributed by atoms with E-state index in [2.05, 4.69) is 15.4 Å². The molecule has 10 heteroatoms. The van der Waals surface area contributed by atoms with Crippen LogP contribution < -0.4 is 15.4 Å². The van der Waals surface area contributed by atoms with Crippen LogP contribution in [0.2, 0.25) is 5.02 Å². The van der Waals surface area contributed by atoms with E-state index in [0.29, 0.717) is 0 Å². The van der Waals surface area contributed by atoms with E-state index in [0.717, 1.165) is 12.1 Å². The molecule has 0 aliphatic heterocycles.